The van der Waals surface area contributed by atoms with E-state index < -0.39 is 0 Å². The first kappa shape index (κ1) is 18.9. The van der Waals surface area contributed by atoms with Crippen LogP contribution >= 0.6 is 0 Å². The van der Waals surface area contributed by atoms with Crippen LogP contribution < -0.4 is 0 Å². The lowest BCUT2D eigenvalue weighted by molar-refractivity contribution is 0.686. The third-order valence-electron chi connectivity index (χ3n) is 7.64. The topological polar surface area (TPSA) is 0 Å². The van der Waals surface area contributed by atoms with Crippen LogP contribution in [0.15, 0.2) is 97.1 Å². The van der Waals surface area contributed by atoms with Crippen LogP contribution in [0.4, 0.5) is 0 Å². The number of rotatable bonds is 2. The van der Waals surface area contributed by atoms with E-state index in [0.717, 1.165) is 6.42 Å². The van der Waals surface area contributed by atoms with Gasteiger partial charge in [0.2, 0.25) is 0 Å². The number of benzene rings is 5. The molecule has 0 heterocycles. The molecule has 5 aromatic carbocycles. The zero-order chi connectivity index (χ0) is 21.8. The molecule has 0 spiro atoms. The van der Waals surface area contributed by atoms with Gasteiger partial charge in [0.05, 0.1) is 0 Å². The Balaban J connectivity index is 1.47. The van der Waals surface area contributed by atoms with E-state index in [-0.39, 0.29) is 0 Å². The average molecular weight is 423 g/mol. The fourth-order valence-electron chi connectivity index (χ4n) is 6.12. The molecule has 0 aromatic heterocycles. The Morgan fingerprint density at radius 2 is 1.12 bits per heavy atom. The van der Waals surface area contributed by atoms with Gasteiger partial charge in [0.15, 0.2) is 0 Å². The van der Waals surface area contributed by atoms with E-state index in [1.54, 1.807) is 5.56 Å². The minimum absolute atomic E-state index is 1.16. The van der Waals surface area contributed by atoms with Crippen LogP contribution in [0.3, 0.4) is 0 Å². The monoisotopic (exact) mass is 422 g/mol. The van der Waals surface area contributed by atoms with E-state index in [1.807, 2.05) is 0 Å². The normalized spacial score (nSPS) is 14.1. The summed E-state index contributed by atoms with van der Waals surface area (Å²) in [5.41, 5.74) is 14.3. The molecular formula is C33H26. The van der Waals surface area contributed by atoms with E-state index >= 15 is 0 Å². The van der Waals surface area contributed by atoms with Gasteiger partial charge < -0.3 is 0 Å². The van der Waals surface area contributed by atoms with Crippen LogP contribution in [0.25, 0.3) is 55.3 Å². The van der Waals surface area contributed by atoms with Crippen LogP contribution in [-0.4, -0.2) is 0 Å². The van der Waals surface area contributed by atoms with Crippen molar-refractivity contribution in [3.8, 4) is 44.5 Å². The van der Waals surface area contributed by atoms with E-state index in [9.17, 15) is 0 Å². The SMILES string of the molecule is c1ccc(-c2ccc(-c3cc4c5c(c3CCCCC4)-c3cccc4cccc-5c34)cc2)cc1. The first-order valence-corrected chi connectivity index (χ1v) is 12.3. The Hall–Kier alpha value is -3.64. The molecule has 0 fully saturated rings. The molecule has 0 heteroatoms. The van der Waals surface area contributed by atoms with E-state index in [2.05, 4.69) is 97.1 Å². The molecule has 0 radical (unpaired) electrons. The van der Waals surface area contributed by atoms with Crippen molar-refractivity contribution in [2.45, 2.75) is 32.1 Å². The summed E-state index contributed by atoms with van der Waals surface area (Å²) in [6.07, 6.45) is 6.19. The fraction of sp³-hybridized carbons (Fsp3) is 0.152. The zero-order valence-electron chi connectivity index (χ0n) is 18.8. The van der Waals surface area contributed by atoms with Crippen LogP contribution in [-0.2, 0) is 12.8 Å². The summed E-state index contributed by atoms with van der Waals surface area (Å²) < 4.78 is 0. The van der Waals surface area contributed by atoms with Crippen molar-refractivity contribution >= 4 is 10.8 Å². The number of hydrogen-bond acceptors (Lipinski definition) is 0. The lowest BCUT2D eigenvalue weighted by Gasteiger charge is -2.19. The molecule has 0 amide bonds. The second kappa shape index (κ2) is 7.46. The molecule has 0 nitrogen and oxygen atoms in total. The van der Waals surface area contributed by atoms with Crippen molar-refractivity contribution < 1.29 is 0 Å². The summed E-state index contributed by atoms with van der Waals surface area (Å²) in [5.74, 6) is 0. The van der Waals surface area contributed by atoms with Crippen LogP contribution in [0.1, 0.15) is 30.4 Å². The molecule has 2 aliphatic carbocycles. The second-order valence-corrected chi connectivity index (χ2v) is 9.53. The fourth-order valence-corrected chi connectivity index (χ4v) is 6.12. The van der Waals surface area contributed by atoms with Crippen molar-refractivity contribution in [2.75, 3.05) is 0 Å². The quantitative estimate of drug-likeness (QED) is 0.261. The maximum Gasteiger partial charge on any atom is -0.00262 e. The molecule has 158 valence electrons. The van der Waals surface area contributed by atoms with Crippen LogP contribution in [0, 0.1) is 0 Å². The van der Waals surface area contributed by atoms with Crippen molar-refractivity contribution in [2.24, 2.45) is 0 Å². The van der Waals surface area contributed by atoms with Crippen molar-refractivity contribution in [3.63, 3.8) is 0 Å². The Kier molecular flexibility index (Phi) is 4.27. The average Bonchev–Trinajstić information content (AvgIpc) is 3.29. The minimum atomic E-state index is 1.16. The third kappa shape index (κ3) is 2.91. The Labute approximate surface area is 195 Å². The highest BCUT2D eigenvalue weighted by molar-refractivity contribution is 6.17. The molecule has 0 saturated heterocycles. The first-order valence-electron chi connectivity index (χ1n) is 12.3. The zero-order valence-corrected chi connectivity index (χ0v) is 18.8. The van der Waals surface area contributed by atoms with Gasteiger partial charge in [-0.3, -0.25) is 0 Å². The predicted octanol–water partition coefficient (Wildman–Crippen LogP) is 9.09. The smallest absolute Gasteiger partial charge is 0.00262 e. The third-order valence-corrected chi connectivity index (χ3v) is 7.64. The highest BCUT2D eigenvalue weighted by atomic mass is 14.3. The Morgan fingerprint density at radius 1 is 0.455 bits per heavy atom. The van der Waals surface area contributed by atoms with E-state index in [1.165, 1.54) is 86.5 Å². The maximum absolute atomic E-state index is 2.53. The molecule has 0 saturated carbocycles. The molecule has 0 aliphatic heterocycles. The van der Waals surface area contributed by atoms with Gasteiger partial charge in [-0.2, -0.15) is 0 Å². The van der Waals surface area contributed by atoms with Gasteiger partial charge in [-0.15, -0.1) is 0 Å². The Morgan fingerprint density at radius 3 is 1.91 bits per heavy atom. The summed E-state index contributed by atoms with van der Waals surface area (Å²) in [5, 5.41) is 2.82. The van der Waals surface area contributed by atoms with Crippen molar-refractivity contribution in [3.05, 3.63) is 108 Å². The van der Waals surface area contributed by atoms with Gasteiger partial charge in [-0.1, -0.05) is 103 Å². The van der Waals surface area contributed by atoms with Crippen molar-refractivity contribution in [1.29, 1.82) is 0 Å². The molecule has 0 N–H and O–H groups in total. The van der Waals surface area contributed by atoms with Gasteiger partial charge in [0.25, 0.3) is 0 Å². The van der Waals surface area contributed by atoms with Gasteiger partial charge in [0, 0.05) is 0 Å². The summed E-state index contributed by atoms with van der Waals surface area (Å²) in [6.45, 7) is 0. The predicted molar refractivity (Wildman–Crippen MR) is 141 cm³/mol. The highest BCUT2D eigenvalue weighted by Gasteiger charge is 2.29. The molecule has 0 unspecified atom stereocenters. The molecular weight excluding hydrogens is 396 g/mol. The summed E-state index contributed by atoms with van der Waals surface area (Å²) in [7, 11) is 0. The van der Waals surface area contributed by atoms with Crippen molar-refractivity contribution in [1.82, 2.24) is 0 Å². The lowest BCUT2D eigenvalue weighted by atomic mass is 9.85. The van der Waals surface area contributed by atoms with E-state index in [0.29, 0.717) is 0 Å². The minimum Gasteiger partial charge on any atom is -0.0622 e. The molecule has 5 aromatic rings. The largest absolute Gasteiger partial charge is 0.0622 e. The van der Waals surface area contributed by atoms with Gasteiger partial charge in [-0.05, 0) is 92.1 Å². The maximum atomic E-state index is 2.53. The second-order valence-electron chi connectivity index (χ2n) is 9.53. The summed E-state index contributed by atoms with van der Waals surface area (Å²) in [4.78, 5) is 0. The number of hydrogen-bond donors (Lipinski definition) is 0. The summed E-state index contributed by atoms with van der Waals surface area (Å²) in [6, 6.07) is 36.2. The molecule has 33 heavy (non-hydrogen) atoms. The molecule has 7 rings (SSSR count). The van der Waals surface area contributed by atoms with Gasteiger partial charge >= 0.3 is 0 Å². The van der Waals surface area contributed by atoms with E-state index in [4.69, 9.17) is 0 Å². The number of aryl methyl sites for hydroxylation is 1. The van der Waals surface area contributed by atoms with Crippen LogP contribution in [0.5, 0.6) is 0 Å². The molecule has 2 bridgehead atoms. The Bertz CT molecular complexity index is 1500. The summed E-state index contributed by atoms with van der Waals surface area (Å²) >= 11 is 0. The lowest BCUT2D eigenvalue weighted by Crippen LogP contribution is -1.98. The van der Waals surface area contributed by atoms with Gasteiger partial charge in [-0.25, -0.2) is 0 Å². The van der Waals surface area contributed by atoms with Gasteiger partial charge in [0.1, 0.15) is 0 Å². The highest BCUT2D eigenvalue weighted by Crippen LogP contribution is 2.53. The standard InChI is InChI=1S/C33H26/c1-3-9-22(10-4-1)23-17-19-24(20-18-23)30-21-26-11-5-2-6-14-27(30)33-29-16-8-13-25-12-7-15-28(31(25)29)32(26)33/h1,3-4,7-10,12-13,15-21H,2,5-6,11,14H2. The van der Waals surface area contributed by atoms with Crippen LogP contribution in [0.2, 0.25) is 0 Å². The molecule has 2 aliphatic rings. The molecule has 0 atom stereocenters. The first-order chi connectivity index (χ1) is 16.4.